The molecule has 0 saturated heterocycles. The van der Waals surface area contributed by atoms with Crippen molar-refractivity contribution in [3.05, 3.63) is 63.7 Å². The highest BCUT2D eigenvalue weighted by Gasteiger charge is 2.16. The quantitative estimate of drug-likeness (QED) is 0.634. The number of fused-ring (bicyclic) bond motifs is 1. The number of carbonyl (C=O) groups excluding carboxylic acids is 2. The second-order valence-corrected chi connectivity index (χ2v) is 6.68. The minimum absolute atomic E-state index is 0.140. The van der Waals surface area contributed by atoms with E-state index in [0.717, 1.165) is 4.70 Å². The Bertz CT molecular complexity index is 1060. The number of carbonyl (C=O) groups is 2. The van der Waals surface area contributed by atoms with Crippen LogP contribution in [0.15, 0.2) is 47.5 Å². The summed E-state index contributed by atoms with van der Waals surface area (Å²) >= 11 is 7.45. The fraction of sp³-hybridized carbons (Fsp3) is 0.167. The molecule has 0 aliphatic heterocycles. The topological polar surface area (TPSA) is 60.7 Å². The maximum atomic E-state index is 13.8. The number of rotatable bonds is 4. The van der Waals surface area contributed by atoms with Gasteiger partial charge in [0.05, 0.1) is 27.4 Å². The van der Waals surface area contributed by atoms with Crippen molar-refractivity contribution < 1.29 is 18.7 Å². The van der Waals surface area contributed by atoms with Gasteiger partial charge in [0.15, 0.2) is 4.80 Å². The molecule has 26 heavy (non-hydrogen) atoms. The zero-order chi connectivity index (χ0) is 18.7. The monoisotopic (exact) mass is 392 g/mol. The van der Waals surface area contributed by atoms with Crippen LogP contribution in [0, 0.1) is 5.82 Å². The van der Waals surface area contributed by atoms with E-state index in [1.165, 1.54) is 34.1 Å². The van der Waals surface area contributed by atoms with Gasteiger partial charge in [0.25, 0.3) is 5.91 Å². The fourth-order valence-electron chi connectivity index (χ4n) is 2.44. The van der Waals surface area contributed by atoms with Crippen molar-refractivity contribution in [2.45, 2.75) is 13.5 Å². The van der Waals surface area contributed by atoms with Crippen molar-refractivity contribution in [1.29, 1.82) is 0 Å². The molecule has 0 aliphatic rings. The minimum Gasteiger partial charge on any atom is -0.465 e. The third-order valence-corrected chi connectivity index (χ3v) is 4.89. The van der Waals surface area contributed by atoms with E-state index in [1.54, 1.807) is 31.2 Å². The highest BCUT2D eigenvalue weighted by Crippen LogP contribution is 2.25. The third kappa shape index (κ3) is 3.68. The van der Waals surface area contributed by atoms with Crippen LogP contribution < -0.4 is 4.80 Å². The van der Waals surface area contributed by atoms with E-state index in [-0.39, 0.29) is 23.5 Å². The van der Waals surface area contributed by atoms with E-state index in [0.29, 0.717) is 10.5 Å². The Morgan fingerprint density at radius 1 is 1.23 bits per heavy atom. The number of hydrogen-bond donors (Lipinski definition) is 0. The Balaban J connectivity index is 2.15. The highest BCUT2D eigenvalue weighted by atomic mass is 35.5. The molecule has 0 unspecified atom stereocenters. The van der Waals surface area contributed by atoms with Crippen LogP contribution in [0.2, 0.25) is 5.02 Å². The van der Waals surface area contributed by atoms with Crippen LogP contribution in [0.25, 0.3) is 10.2 Å². The molecule has 134 valence electrons. The molecule has 1 aromatic heterocycles. The number of thiazole rings is 1. The number of amides is 1. The lowest BCUT2D eigenvalue weighted by molar-refractivity contribution is -0.143. The van der Waals surface area contributed by atoms with Gasteiger partial charge in [-0.25, -0.2) is 4.39 Å². The second-order valence-electron chi connectivity index (χ2n) is 5.26. The molecule has 0 spiro atoms. The first-order valence-corrected chi connectivity index (χ1v) is 8.97. The van der Waals surface area contributed by atoms with Crippen LogP contribution in [0.1, 0.15) is 17.3 Å². The average molecular weight is 393 g/mol. The molecular formula is C18H14ClFN2O3S. The molecule has 0 radical (unpaired) electrons. The van der Waals surface area contributed by atoms with Gasteiger partial charge in [-0.05, 0) is 31.2 Å². The smallest absolute Gasteiger partial charge is 0.326 e. The van der Waals surface area contributed by atoms with Crippen LogP contribution in [-0.2, 0) is 16.1 Å². The van der Waals surface area contributed by atoms with E-state index in [4.69, 9.17) is 16.3 Å². The van der Waals surface area contributed by atoms with Crippen LogP contribution in [0.4, 0.5) is 4.39 Å². The van der Waals surface area contributed by atoms with Gasteiger partial charge in [-0.1, -0.05) is 41.1 Å². The standard InChI is InChI=1S/C18H14ClFN2O3S/c1-2-25-15(23)10-22-16-12(19)7-5-9-14(16)26-18(22)21-17(24)11-6-3-4-8-13(11)20/h3-9H,2,10H2,1H3. The Morgan fingerprint density at radius 3 is 2.73 bits per heavy atom. The van der Waals surface area contributed by atoms with Gasteiger partial charge in [0.1, 0.15) is 12.4 Å². The molecule has 2 aromatic carbocycles. The van der Waals surface area contributed by atoms with Crippen molar-refractivity contribution in [1.82, 2.24) is 4.57 Å². The first-order chi connectivity index (χ1) is 12.5. The van der Waals surface area contributed by atoms with E-state index in [1.807, 2.05) is 0 Å². The molecule has 5 nitrogen and oxygen atoms in total. The lowest BCUT2D eigenvalue weighted by Gasteiger charge is -2.06. The molecule has 1 amide bonds. The number of benzene rings is 2. The Hall–Kier alpha value is -2.51. The van der Waals surface area contributed by atoms with Crippen molar-refractivity contribution in [3.8, 4) is 0 Å². The Kier molecular flexibility index (Phi) is 5.49. The highest BCUT2D eigenvalue weighted by molar-refractivity contribution is 7.16. The van der Waals surface area contributed by atoms with E-state index in [9.17, 15) is 14.0 Å². The van der Waals surface area contributed by atoms with Gasteiger partial charge >= 0.3 is 5.97 Å². The number of hydrogen-bond acceptors (Lipinski definition) is 4. The summed E-state index contributed by atoms with van der Waals surface area (Å²) in [4.78, 5) is 28.6. The average Bonchev–Trinajstić information content (AvgIpc) is 2.94. The van der Waals surface area contributed by atoms with Gasteiger partial charge in [0, 0.05) is 0 Å². The molecule has 0 aliphatic carbocycles. The normalized spacial score (nSPS) is 11.7. The SMILES string of the molecule is CCOC(=O)Cn1c(=NC(=O)c2ccccc2F)sc2cccc(Cl)c21. The number of halogens is 2. The minimum atomic E-state index is -0.733. The summed E-state index contributed by atoms with van der Waals surface area (Å²) in [5.41, 5.74) is 0.436. The maximum Gasteiger partial charge on any atom is 0.326 e. The molecule has 0 atom stereocenters. The first-order valence-electron chi connectivity index (χ1n) is 7.78. The van der Waals surface area contributed by atoms with Crippen molar-refractivity contribution in [2.75, 3.05) is 6.61 Å². The number of ether oxygens (including phenoxy) is 1. The molecule has 3 rings (SSSR count). The predicted molar refractivity (Wildman–Crippen MR) is 97.8 cm³/mol. The van der Waals surface area contributed by atoms with E-state index >= 15 is 0 Å². The summed E-state index contributed by atoms with van der Waals surface area (Å²) < 4.78 is 21.1. The Morgan fingerprint density at radius 2 is 2.00 bits per heavy atom. The van der Waals surface area contributed by atoms with Crippen molar-refractivity contribution >= 4 is 45.0 Å². The van der Waals surface area contributed by atoms with Crippen LogP contribution >= 0.6 is 22.9 Å². The maximum absolute atomic E-state index is 13.8. The third-order valence-electron chi connectivity index (χ3n) is 3.55. The van der Waals surface area contributed by atoms with Crippen LogP contribution in [0.3, 0.4) is 0 Å². The van der Waals surface area contributed by atoms with Crippen molar-refractivity contribution in [3.63, 3.8) is 0 Å². The van der Waals surface area contributed by atoms with E-state index in [2.05, 4.69) is 4.99 Å². The van der Waals surface area contributed by atoms with Gasteiger partial charge in [0.2, 0.25) is 0 Å². The molecular weight excluding hydrogens is 379 g/mol. The Labute approximate surface area is 157 Å². The summed E-state index contributed by atoms with van der Waals surface area (Å²) in [6.45, 7) is 1.78. The summed E-state index contributed by atoms with van der Waals surface area (Å²) in [5, 5.41) is 0.419. The second kappa shape index (κ2) is 7.80. The number of aromatic nitrogens is 1. The van der Waals surface area contributed by atoms with Gasteiger partial charge in [-0.3, -0.25) is 9.59 Å². The number of para-hydroxylation sites is 1. The predicted octanol–water partition coefficient (Wildman–Crippen LogP) is 3.80. The van der Waals surface area contributed by atoms with Gasteiger partial charge in [-0.2, -0.15) is 4.99 Å². The first kappa shape index (κ1) is 18.3. The zero-order valence-electron chi connectivity index (χ0n) is 13.7. The van der Waals surface area contributed by atoms with Gasteiger partial charge in [-0.15, -0.1) is 0 Å². The zero-order valence-corrected chi connectivity index (χ0v) is 15.3. The lowest BCUT2D eigenvalue weighted by atomic mass is 10.2. The number of nitrogens with zero attached hydrogens (tertiary/aromatic N) is 2. The summed E-state index contributed by atoms with van der Waals surface area (Å²) in [6, 6.07) is 10.8. The number of esters is 1. The molecule has 8 heteroatoms. The summed E-state index contributed by atoms with van der Waals surface area (Å²) in [7, 11) is 0. The fourth-order valence-corrected chi connectivity index (χ4v) is 3.82. The lowest BCUT2D eigenvalue weighted by Crippen LogP contribution is -2.23. The largest absolute Gasteiger partial charge is 0.465 e. The molecule has 0 bridgehead atoms. The molecule has 0 saturated carbocycles. The van der Waals surface area contributed by atoms with Crippen LogP contribution in [-0.4, -0.2) is 23.1 Å². The molecule has 1 heterocycles. The van der Waals surface area contributed by atoms with Crippen LogP contribution in [0.5, 0.6) is 0 Å². The molecule has 0 fully saturated rings. The van der Waals surface area contributed by atoms with E-state index < -0.39 is 17.7 Å². The molecule has 0 N–H and O–H groups in total. The molecule has 3 aromatic rings. The summed E-state index contributed by atoms with van der Waals surface area (Å²) in [6.07, 6.45) is 0. The summed E-state index contributed by atoms with van der Waals surface area (Å²) in [5.74, 6) is -1.87. The van der Waals surface area contributed by atoms with Crippen molar-refractivity contribution in [2.24, 2.45) is 4.99 Å². The van der Waals surface area contributed by atoms with Gasteiger partial charge < -0.3 is 9.30 Å².